The summed E-state index contributed by atoms with van der Waals surface area (Å²) in [6.45, 7) is 9.80. The van der Waals surface area contributed by atoms with E-state index in [-0.39, 0.29) is 0 Å². The fraction of sp³-hybridized carbons (Fsp3) is 0.625. The largest absolute Gasteiger partial charge is 0.389 e. The van der Waals surface area contributed by atoms with Crippen molar-refractivity contribution >= 4 is 0 Å². The predicted octanol–water partition coefficient (Wildman–Crippen LogP) is 3.14. The Morgan fingerprint density at radius 3 is 2.22 bits per heavy atom. The van der Waals surface area contributed by atoms with E-state index in [1.54, 1.807) is 0 Å². The van der Waals surface area contributed by atoms with Crippen LogP contribution in [-0.4, -0.2) is 17.3 Å². The summed E-state index contributed by atoms with van der Waals surface area (Å²) in [4.78, 5) is 0. The predicted molar refractivity (Wildman–Crippen MR) is 77.6 cm³/mol. The van der Waals surface area contributed by atoms with E-state index in [4.69, 9.17) is 0 Å². The second kappa shape index (κ2) is 6.91. The molecule has 2 N–H and O–H groups in total. The molecule has 0 fully saturated rings. The van der Waals surface area contributed by atoms with Gasteiger partial charge in [0.25, 0.3) is 0 Å². The molecule has 1 rings (SSSR count). The second-order valence-corrected chi connectivity index (χ2v) is 5.87. The van der Waals surface area contributed by atoms with E-state index in [1.807, 2.05) is 13.8 Å². The third kappa shape index (κ3) is 5.65. The van der Waals surface area contributed by atoms with Crippen LogP contribution in [0.5, 0.6) is 0 Å². The zero-order valence-electron chi connectivity index (χ0n) is 12.2. The molecule has 0 bridgehead atoms. The van der Waals surface area contributed by atoms with Gasteiger partial charge in [0, 0.05) is 13.1 Å². The Morgan fingerprint density at radius 1 is 1.17 bits per heavy atom. The summed E-state index contributed by atoms with van der Waals surface area (Å²) in [6.07, 6.45) is 1.91. The molecule has 0 radical (unpaired) electrons. The third-order valence-corrected chi connectivity index (χ3v) is 3.26. The number of aliphatic hydroxyl groups is 1. The van der Waals surface area contributed by atoms with E-state index in [0.717, 1.165) is 19.4 Å². The summed E-state index contributed by atoms with van der Waals surface area (Å²) in [5.74, 6) is 0.702. The Kier molecular flexibility index (Phi) is 5.83. The Labute approximate surface area is 111 Å². The van der Waals surface area contributed by atoms with Gasteiger partial charge >= 0.3 is 0 Å². The van der Waals surface area contributed by atoms with Crippen LogP contribution in [0.3, 0.4) is 0 Å². The number of hydrogen-bond donors (Lipinski definition) is 2. The van der Waals surface area contributed by atoms with Crippen LogP contribution in [-0.2, 0) is 13.0 Å². The lowest BCUT2D eigenvalue weighted by Gasteiger charge is -2.21. The SMILES string of the molecule is CCC(C)(O)CNCc1ccc(CC(C)C)cc1. The van der Waals surface area contributed by atoms with Gasteiger partial charge in [0.1, 0.15) is 0 Å². The van der Waals surface area contributed by atoms with Crippen LogP contribution in [0.2, 0.25) is 0 Å². The average Bonchev–Trinajstić information content (AvgIpc) is 2.30. The third-order valence-electron chi connectivity index (χ3n) is 3.26. The summed E-state index contributed by atoms with van der Waals surface area (Å²) >= 11 is 0. The highest BCUT2D eigenvalue weighted by atomic mass is 16.3. The quantitative estimate of drug-likeness (QED) is 0.778. The minimum absolute atomic E-state index is 0.600. The van der Waals surface area contributed by atoms with Gasteiger partial charge < -0.3 is 10.4 Å². The topological polar surface area (TPSA) is 32.3 Å². The van der Waals surface area contributed by atoms with Crippen LogP contribution >= 0.6 is 0 Å². The first-order valence-electron chi connectivity index (χ1n) is 6.94. The Hall–Kier alpha value is -0.860. The minimum Gasteiger partial charge on any atom is -0.389 e. The molecule has 1 unspecified atom stereocenters. The van der Waals surface area contributed by atoms with Crippen molar-refractivity contribution in [3.63, 3.8) is 0 Å². The molecule has 1 aromatic rings. The van der Waals surface area contributed by atoms with Gasteiger partial charge in [0.2, 0.25) is 0 Å². The molecule has 0 spiro atoms. The first-order chi connectivity index (χ1) is 8.43. The molecule has 0 aliphatic heterocycles. The number of hydrogen-bond acceptors (Lipinski definition) is 2. The number of nitrogens with one attached hydrogen (secondary N) is 1. The number of benzene rings is 1. The fourth-order valence-corrected chi connectivity index (χ4v) is 1.87. The van der Waals surface area contributed by atoms with E-state index >= 15 is 0 Å². The summed E-state index contributed by atoms with van der Waals surface area (Å²) < 4.78 is 0. The van der Waals surface area contributed by atoms with Crippen LogP contribution in [0.25, 0.3) is 0 Å². The maximum atomic E-state index is 9.88. The molecule has 18 heavy (non-hydrogen) atoms. The van der Waals surface area contributed by atoms with Crippen molar-refractivity contribution in [3.05, 3.63) is 35.4 Å². The van der Waals surface area contributed by atoms with Crippen molar-refractivity contribution in [3.8, 4) is 0 Å². The van der Waals surface area contributed by atoms with Crippen LogP contribution in [0.4, 0.5) is 0 Å². The molecule has 0 saturated heterocycles. The highest BCUT2D eigenvalue weighted by Crippen LogP contribution is 2.10. The van der Waals surface area contributed by atoms with Crippen molar-refractivity contribution in [2.45, 2.75) is 52.7 Å². The van der Waals surface area contributed by atoms with Gasteiger partial charge in [-0.3, -0.25) is 0 Å². The summed E-state index contributed by atoms with van der Waals surface area (Å²) in [5, 5.41) is 13.2. The Morgan fingerprint density at radius 2 is 1.72 bits per heavy atom. The van der Waals surface area contributed by atoms with Crippen molar-refractivity contribution < 1.29 is 5.11 Å². The molecule has 0 heterocycles. The van der Waals surface area contributed by atoms with E-state index < -0.39 is 5.60 Å². The van der Waals surface area contributed by atoms with Crippen LogP contribution < -0.4 is 5.32 Å². The maximum absolute atomic E-state index is 9.88. The van der Waals surface area contributed by atoms with Crippen molar-refractivity contribution in [2.75, 3.05) is 6.54 Å². The second-order valence-electron chi connectivity index (χ2n) is 5.87. The fourth-order valence-electron chi connectivity index (χ4n) is 1.87. The summed E-state index contributed by atoms with van der Waals surface area (Å²) in [5.41, 5.74) is 2.07. The molecule has 2 heteroatoms. The molecule has 1 atom stereocenters. The first kappa shape index (κ1) is 15.2. The van der Waals surface area contributed by atoms with Gasteiger partial charge in [-0.1, -0.05) is 45.0 Å². The zero-order valence-corrected chi connectivity index (χ0v) is 12.2. The lowest BCUT2D eigenvalue weighted by molar-refractivity contribution is 0.0555. The van der Waals surface area contributed by atoms with E-state index in [9.17, 15) is 5.11 Å². The van der Waals surface area contributed by atoms with Gasteiger partial charge in [-0.25, -0.2) is 0 Å². The smallest absolute Gasteiger partial charge is 0.0741 e. The maximum Gasteiger partial charge on any atom is 0.0741 e. The van der Waals surface area contributed by atoms with Gasteiger partial charge in [0.05, 0.1) is 5.60 Å². The molecule has 0 aromatic heterocycles. The van der Waals surface area contributed by atoms with E-state index in [2.05, 4.69) is 43.4 Å². The monoisotopic (exact) mass is 249 g/mol. The van der Waals surface area contributed by atoms with Gasteiger partial charge in [-0.15, -0.1) is 0 Å². The summed E-state index contributed by atoms with van der Waals surface area (Å²) in [7, 11) is 0. The molecule has 2 nitrogen and oxygen atoms in total. The summed E-state index contributed by atoms with van der Waals surface area (Å²) in [6, 6.07) is 8.75. The molecular weight excluding hydrogens is 222 g/mol. The molecule has 0 aliphatic rings. The van der Waals surface area contributed by atoms with E-state index in [0.29, 0.717) is 12.5 Å². The van der Waals surface area contributed by atoms with E-state index in [1.165, 1.54) is 11.1 Å². The zero-order chi connectivity index (χ0) is 13.6. The van der Waals surface area contributed by atoms with Crippen LogP contribution in [0, 0.1) is 5.92 Å². The lowest BCUT2D eigenvalue weighted by Crippen LogP contribution is -2.36. The molecule has 1 aromatic carbocycles. The average molecular weight is 249 g/mol. The standard InChI is InChI=1S/C16H27NO/c1-5-16(4,18)12-17-11-15-8-6-14(7-9-15)10-13(2)3/h6-9,13,17-18H,5,10-12H2,1-4H3. The molecule has 0 saturated carbocycles. The molecule has 102 valence electrons. The molecular formula is C16H27NO. The number of rotatable bonds is 7. The van der Waals surface area contributed by atoms with Gasteiger partial charge in [-0.2, -0.15) is 0 Å². The van der Waals surface area contributed by atoms with Gasteiger partial charge in [0.15, 0.2) is 0 Å². The highest BCUT2D eigenvalue weighted by Gasteiger charge is 2.16. The Bertz CT molecular complexity index is 341. The molecule has 0 aliphatic carbocycles. The highest BCUT2D eigenvalue weighted by molar-refractivity contribution is 5.22. The van der Waals surface area contributed by atoms with Crippen molar-refractivity contribution in [1.29, 1.82) is 0 Å². The molecule has 0 amide bonds. The van der Waals surface area contributed by atoms with Crippen molar-refractivity contribution in [2.24, 2.45) is 5.92 Å². The van der Waals surface area contributed by atoms with Gasteiger partial charge in [-0.05, 0) is 36.8 Å². The van der Waals surface area contributed by atoms with Crippen LogP contribution in [0.1, 0.15) is 45.2 Å². The normalized spacial score (nSPS) is 14.8. The minimum atomic E-state index is -0.600. The Balaban J connectivity index is 2.40. The first-order valence-corrected chi connectivity index (χ1v) is 6.94. The van der Waals surface area contributed by atoms with Crippen molar-refractivity contribution in [1.82, 2.24) is 5.32 Å². The van der Waals surface area contributed by atoms with Crippen LogP contribution in [0.15, 0.2) is 24.3 Å². The lowest BCUT2D eigenvalue weighted by atomic mass is 10.0.